The monoisotopic (exact) mass is 204 g/mol. The SMILES string of the molecule is CC1(C)C2CC(C(S(=O)O)C2)C1O. The summed E-state index contributed by atoms with van der Waals surface area (Å²) >= 11 is -1.75. The Morgan fingerprint density at radius 2 is 2.00 bits per heavy atom. The lowest BCUT2D eigenvalue weighted by molar-refractivity contribution is 0.00570. The Hall–Kier alpha value is 0.0700. The van der Waals surface area contributed by atoms with Gasteiger partial charge in [-0.1, -0.05) is 13.8 Å². The molecule has 0 aromatic rings. The van der Waals surface area contributed by atoms with E-state index in [9.17, 15) is 9.32 Å². The summed E-state index contributed by atoms with van der Waals surface area (Å²) in [6.07, 6.45) is 1.33. The van der Waals surface area contributed by atoms with Crippen LogP contribution >= 0.6 is 0 Å². The molecule has 76 valence electrons. The summed E-state index contributed by atoms with van der Waals surface area (Å²) in [4.78, 5) is 0. The largest absolute Gasteiger partial charge is 0.392 e. The normalized spacial score (nSPS) is 49.5. The molecule has 5 atom stereocenters. The molecule has 2 aliphatic carbocycles. The standard InChI is InChI=1S/C9H16O3S/c1-9(2)5-3-6(8(9)10)7(4-5)13(11)12/h5-8,10H,3-4H2,1-2H3,(H,11,12). The molecule has 0 aliphatic heterocycles. The third-order valence-electron chi connectivity index (χ3n) is 4.03. The van der Waals surface area contributed by atoms with Crippen LogP contribution < -0.4 is 0 Å². The molecule has 2 rings (SSSR count). The highest BCUT2D eigenvalue weighted by Crippen LogP contribution is 2.56. The minimum atomic E-state index is -1.75. The third-order valence-corrected chi connectivity index (χ3v) is 5.09. The van der Waals surface area contributed by atoms with Gasteiger partial charge in [-0.3, -0.25) is 0 Å². The summed E-state index contributed by atoms with van der Waals surface area (Å²) in [5.74, 6) is 0.472. The first-order valence-electron chi connectivity index (χ1n) is 4.72. The predicted octanol–water partition coefficient (Wildman–Crippen LogP) is 1.00. The van der Waals surface area contributed by atoms with Crippen LogP contribution in [0.5, 0.6) is 0 Å². The highest BCUT2D eigenvalue weighted by atomic mass is 32.2. The molecular formula is C9H16O3S. The zero-order valence-corrected chi connectivity index (χ0v) is 8.75. The fourth-order valence-electron chi connectivity index (χ4n) is 3.00. The van der Waals surface area contributed by atoms with Crippen molar-refractivity contribution in [2.45, 2.75) is 38.0 Å². The Labute approximate surface area is 80.8 Å². The lowest BCUT2D eigenvalue weighted by atomic mass is 9.74. The maximum absolute atomic E-state index is 10.9. The van der Waals surface area contributed by atoms with Crippen molar-refractivity contribution >= 4 is 11.1 Å². The number of aliphatic hydroxyl groups is 1. The van der Waals surface area contributed by atoms with E-state index in [-0.39, 0.29) is 16.6 Å². The van der Waals surface area contributed by atoms with E-state index < -0.39 is 17.2 Å². The maximum Gasteiger partial charge on any atom is 0.156 e. The van der Waals surface area contributed by atoms with Crippen molar-refractivity contribution < 1.29 is 13.9 Å². The van der Waals surface area contributed by atoms with Crippen molar-refractivity contribution in [1.82, 2.24) is 0 Å². The van der Waals surface area contributed by atoms with Gasteiger partial charge in [-0.15, -0.1) is 0 Å². The van der Waals surface area contributed by atoms with Crippen molar-refractivity contribution in [3.63, 3.8) is 0 Å². The number of aliphatic hydroxyl groups excluding tert-OH is 1. The third kappa shape index (κ3) is 1.19. The lowest BCUT2D eigenvalue weighted by Gasteiger charge is -2.37. The first kappa shape index (κ1) is 9.62. The Kier molecular flexibility index (Phi) is 2.06. The second-order valence-corrected chi connectivity index (χ2v) is 6.07. The predicted molar refractivity (Wildman–Crippen MR) is 50.6 cm³/mol. The van der Waals surface area contributed by atoms with E-state index in [2.05, 4.69) is 13.8 Å². The molecule has 0 spiro atoms. The second kappa shape index (κ2) is 2.78. The van der Waals surface area contributed by atoms with Crippen LogP contribution in [-0.4, -0.2) is 25.2 Å². The smallest absolute Gasteiger partial charge is 0.156 e. The van der Waals surface area contributed by atoms with Gasteiger partial charge in [0.05, 0.1) is 11.4 Å². The molecule has 13 heavy (non-hydrogen) atoms. The van der Waals surface area contributed by atoms with Crippen LogP contribution in [0.1, 0.15) is 26.7 Å². The lowest BCUT2D eigenvalue weighted by Crippen LogP contribution is -2.42. The van der Waals surface area contributed by atoms with E-state index in [1.807, 2.05) is 0 Å². The zero-order valence-electron chi connectivity index (χ0n) is 7.93. The fourth-order valence-corrected chi connectivity index (χ4v) is 3.95. The molecule has 2 aliphatic rings. The molecule has 2 fully saturated rings. The van der Waals surface area contributed by atoms with Gasteiger partial charge in [0.15, 0.2) is 11.1 Å². The fraction of sp³-hybridized carbons (Fsp3) is 1.00. The van der Waals surface area contributed by atoms with Crippen LogP contribution in [0.25, 0.3) is 0 Å². The molecule has 0 aromatic carbocycles. The first-order chi connectivity index (χ1) is 5.94. The quantitative estimate of drug-likeness (QED) is 0.627. The van der Waals surface area contributed by atoms with Gasteiger partial charge < -0.3 is 9.66 Å². The molecule has 0 saturated heterocycles. The van der Waals surface area contributed by atoms with Gasteiger partial charge in [0.25, 0.3) is 0 Å². The molecule has 3 nitrogen and oxygen atoms in total. The van der Waals surface area contributed by atoms with E-state index in [1.165, 1.54) is 0 Å². The number of hydrogen-bond acceptors (Lipinski definition) is 2. The van der Waals surface area contributed by atoms with E-state index in [1.54, 1.807) is 0 Å². The van der Waals surface area contributed by atoms with Crippen LogP contribution in [0.4, 0.5) is 0 Å². The van der Waals surface area contributed by atoms with Crippen LogP contribution in [0.3, 0.4) is 0 Å². The molecule has 2 saturated carbocycles. The van der Waals surface area contributed by atoms with Crippen molar-refractivity contribution in [3.8, 4) is 0 Å². The molecule has 0 amide bonds. The van der Waals surface area contributed by atoms with Gasteiger partial charge in [0.1, 0.15) is 0 Å². The van der Waals surface area contributed by atoms with Crippen molar-refractivity contribution in [3.05, 3.63) is 0 Å². The minimum absolute atomic E-state index is 0.0471. The highest BCUT2D eigenvalue weighted by molar-refractivity contribution is 7.79. The van der Waals surface area contributed by atoms with Gasteiger partial charge >= 0.3 is 0 Å². The Morgan fingerprint density at radius 1 is 1.38 bits per heavy atom. The van der Waals surface area contributed by atoms with Crippen LogP contribution in [0, 0.1) is 17.3 Å². The molecule has 2 N–H and O–H groups in total. The van der Waals surface area contributed by atoms with Crippen molar-refractivity contribution in [2.75, 3.05) is 0 Å². The maximum atomic E-state index is 10.9. The summed E-state index contributed by atoms with van der Waals surface area (Å²) in [5, 5.41) is 9.73. The van der Waals surface area contributed by atoms with E-state index in [0.717, 1.165) is 12.8 Å². The number of hydrogen-bond donors (Lipinski definition) is 2. The second-order valence-electron chi connectivity index (χ2n) is 4.91. The first-order valence-corrected chi connectivity index (χ1v) is 5.89. The minimum Gasteiger partial charge on any atom is -0.392 e. The topological polar surface area (TPSA) is 57.5 Å². The van der Waals surface area contributed by atoms with Crippen LogP contribution in [0.2, 0.25) is 0 Å². The van der Waals surface area contributed by atoms with Gasteiger partial charge in [-0.25, -0.2) is 4.21 Å². The summed E-state index contributed by atoms with van der Waals surface area (Å²) in [6.45, 7) is 4.11. The zero-order chi connectivity index (χ0) is 9.80. The number of rotatable bonds is 1. The molecular weight excluding hydrogens is 188 g/mol. The van der Waals surface area contributed by atoms with Gasteiger partial charge in [-0.2, -0.15) is 0 Å². The molecule has 5 unspecified atom stereocenters. The van der Waals surface area contributed by atoms with E-state index in [4.69, 9.17) is 4.55 Å². The number of fused-ring (bicyclic) bond motifs is 2. The average Bonchev–Trinajstić information content (AvgIpc) is 2.52. The Morgan fingerprint density at radius 3 is 2.38 bits per heavy atom. The van der Waals surface area contributed by atoms with Crippen molar-refractivity contribution in [2.24, 2.45) is 17.3 Å². The van der Waals surface area contributed by atoms with Gasteiger partial charge in [0, 0.05) is 5.92 Å². The van der Waals surface area contributed by atoms with Crippen LogP contribution in [0.15, 0.2) is 0 Å². The van der Waals surface area contributed by atoms with Gasteiger partial charge in [0.2, 0.25) is 0 Å². The van der Waals surface area contributed by atoms with Crippen LogP contribution in [-0.2, 0) is 11.1 Å². The van der Waals surface area contributed by atoms with Crippen molar-refractivity contribution in [1.29, 1.82) is 0 Å². The summed E-state index contributed by atoms with van der Waals surface area (Å²) < 4.78 is 20.0. The van der Waals surface area contributed by atoms with Gasteiger partial charge in [-0.05, 0) is 24.2 Å². The highest BCUT2D eigenvalue weighted by Gasteiger charge is 2.58. The summed E-state index contributed by atoms with van der Waals surface area (Å²) in [5.41, 5.74) is -0.0550. The average molecular weight is 204 g/mol. The van der Waals surface area contributed by atoms with E-state index >= 15 is 0 Å². The Bertz CT molecular complexity index is 247. The Balaban J connectivity index is 2.22. The molecule has 4 heteroatoms. The van der Waals surface area contributed by atoms with E-state index in [0.29, 0.717) is 5.92 Å². The molecule has 0 heterocycles. The molecule has 0 radical (unpaired) electrons. The summed E-state index contributed by atoms with van der Waals surface area (Å²) in [6, 6.07) is 0. The summed E-state index contributed by atoms with van der Waals surface area (Å²) in [7, 11) is 0. The molecule has 0 aromatic heterocycles. The molecule has 2 bridgehead atoms.